The molecule has 0 saturated carbocycles. The average Bonchev–Trinajstić information content (AvgIpc) is 2.93. The standard InChI is InChI=1S/C32H40BrN3O4S/c1-24(2)22-34-32(38)30(21-26-9-6-5-7-10-26)35(23-27-14-16-28(33)17-15-27)31(37)11-8-20-36(41(4,39)40)29-18-12-25(3)13-19-29/h5-7,9-10,12-19,24,30H,8,11,20-23H2,1-4H3,(H,34,38). The van der Waals surface area contributed by atoms with Gasteiger partial charge in [0, 0.05) is 36.9 Å². The van der Waals surface area contributed by atoms with Gasteiger partial charge in [0.05, 0.1) is 11.9 Å². The number of nitrogens with one attached hydrogen (secondary N) is 1. The van der Waals surface area contributed by atoms with E-state index in [1.165, 1.54) is 10.6 Å². The second-order valence-electron chi connectivity index (χ2n) is 10.8. The Bertz CT molecular complexity index is 1380. The van der Waals surface area contributed by atoms with Crippen molar-refractivity contribution in [3.8, 4) is 0 Å². The highest BCUT2D eigenvalue weighted by Crippen LogP contribution is 2.21. The molecule has 41 heavy (non-hydrogen) atoms. The van der Waals surface area contributed by atoms with Gasteiger partial charge >= 0.3 is 0 Å². The third-order valence-electron chi connectivity index (χ3n) is 6.70. The predicted molar refractivity (Wildman–Crippen MR) is 169 cm³/mol. The maximum atomic E-state index is 13.9. The van der Waals surface area contributed by atoms with E-state index in [1.54, 1.807) is 17.0 Å². The Labute approximate surface area is 253 Å². The molecule has 7 nitrogen and oxygen atoms in total. The van der Waals surface area contributed by atoms with Crippen LogP contribution in [0.25, 0.3) is 0 Å². The first kappa shape index (κ1) is 32.3. The van der Waals surface area contributed by atoms with Gasteiger partial charge in [-0.2, -0.15) is 0 Å². The van der Waals surface area contributed by atoms with Crippen LogP contribution in [0.3, 0.4) is 0 Å². The molecule has 0 aromatic heterocycles. The van der Waals surface area contributed by atoms with Crippen LogP contribution in [0.15, 0.2) is 83.3 Å². The number of aryl methyl sites for hydroxylation is 1. The summed E-state index contributed by atoms with van der Waals surface area (Å²) in [4.78, 5) is 29.1. The van der Waals surface area contributed by atoms with Crippen LogP contribution < -0.4 is 9.62 Å². The molecule has 220 valence electrons. The van der Waals surface area contributed by atoms with Crippen molar-refractivity contribution in [2.75, 3.05) is 23.7 Å². The molecule has 3 rings (SSSR count). The molecule has 0 spiro atoms. The summed E-state index contributed by atoms with van der Waals surface area (Å²) >= 11 is 3.46. The highest BCUT2D eigenvalue weighted by atomic mass is 79.9. The molecular weight excluding hydrogens is 602 g/mol. The van der Waals surface area contributed by atoms with Crippen LogP contribution >= 0.6 is 15.9 Å². The average molecular weight is 643 g/mol. The molecule has 0 fully saturated rings. The van der Waals surface area contributed by atoms with E-state index in [0.29, 0.717) is 25.1 Å². The van der Waals surface area contributed by atoms with Gasteiger partial charge in [0.2, 0.25) is 21.8 Å². The van der Waals surface area contributed by atoms with Crippen molar-refractivity contribution in [1.29, 1.82) is 0 Å². The molecular formula is C32H40BrN3O4S. The number of nitrogens with zero attached hydrogens (tertiary/aromatic N) is 2. The van der Waals surface area contributed by atoms with Crippen molar-refractivity contribution < 1.29 is 18.0 Å². The Morgan fingerprint density at radius 2 is 1.54 bits per heavy atom. The summed E-state index contributed by atoms with van der Waals surface area (Å²) in [6, 6.07) is 23.9. The van der Waals surface area contributed by atoms with Gasteiger partial charge in [-0.15, -0.1) is 0 Å². The molecule has 0 heterocycles. The second-order valence-corrected chi connectivity index (χ2v) is 13.6. The summed E-state index contributed by atoms with van der Waals surface area (Å²) in [7, 11) is -3.55. The molecule has 0 radical (unpaired) electrons. The lowest BCUT2D eigenvalue weighted by molar-refractivity contribution is -0.141. The summed E-state index contributed by atoms with van der Waals surface area (Å²) in [5, 5.41) is 3.03. The highest BCUT2D eigenvalue weighted by molar-refractivity contribution is 9.10. The number of hydrogen-bond acceptors (Lipinski definition) is 4. The second kappa shape index (κ2) is 15.2. The molecule has 3 aromatic rings. The van der Waals surface area contributed by atoms with Gasteiger partial charge in [0.1, 0.15) is 6.04 Å². The van der Waals surface area contributed by atoms with Crippen molar-refractivity contribution in [2.24, 2.45) is 5.92 Å². The summed E-state index contributed by atoms with van der Waals surface area (Å²) in [5.74, 6) is -0.146. The van der Waals surface area contributed by atoms with E-state index < -0.39 is 16.1 Å². The lowest BCUT2D eigenvalue weighted by atomic mass is 10.0. The van der Waals surface area contributed by atoms with Gasteiger partial charge in [-0.05, 0) is 54.7 Å². The Kier molecular flexibility index (Phi) is 12.0. The number of carbonyl (C=O) groups is 2. The number of halogens is 1. The lowest BCUT2D eigenvalue weighted by Crippen LogP contribution is -2.51. The topological polar surface area (TPSA) is 86.8 Å². The number of sulfonamides is 1. The van der Waals surface area contributed by atoms with E-state index in [-0.39, 0.29) is 37.2 Å². The fourth-order valence-electron chi connectivity index (χ4n) is 4.48. The minimum absolute atomic E-state index is 0.0944. The van der Waals surface area contributed by atoms with Crippen LogP contribution in [-0.4, -0.2) is 50.5 Å². The molecule has 1 unspecified atom stereocenters. The highest BCUT2D eigenvalue weighted by Gasteiger charge is 2.30. The van der Waals surface area contributed by atoms with E-state index in [1.807, 2.05) is 87.5 Å². The van der Waals surface area contributed by atoms with Gasteiger partial charge < -0.3 is 10.2 Å². The van der Waals surface area contributed by atoms with Gasteiger partial charge in [-0.25, -0.2) is 8.42 Å². The van der Waals surface area contributed by atoms with Crippen molar-refractivity contribution >= 4 is 43.5 Å². The normalized spacial score (nSPS) is 12.1. The SMILES string of the molecule is Cc1ccc(N(CCCC(=O)N(Cc2ccc(Br)cc2)C(Cc2ccccc2)C(=O)NCC(C)C)S(C)(=O)=O)cc1. The summed E-state index contributed by atoms with van der Waals surface area (Å²) in [6.45, 7) is 6.91. The van der Waals surface area contributed by atoms with E-state index >= 15 is 0 Å². The minimum atomic E-state index is -3.55. The Morgan fingerprint density at radius 3 is 2.12 bits per heavy atom. The van der Waals surface area contributed by atoms with E-state index in [0.717, 1.165) is 21.2 Å². The van der Waals surface area contributed by atoms with Crippen LogP contribution in [-0.2, 0) is 32.6 Å². The van der Waals surface area contributed by atoms with Crippen molar-refractivity contribution in [3.05, 3.63) is 100 Å². The fourth-order valence-corrected chi connectivity index (χ4v) is 5.71. The molecule has 2 amide bonds. The summed E-state index contributed by atoms with van der Waals surface area (Å²) in [6.07, 6.45) is 1.94. The molecule has 0 bridgehead atoms. The zero-order valence-corrected chi connectivity index (χ0v) is 26.6. The van der Waals surface area contributed by atoms with Crippen LogP contribution in [0.4, 0.5) is 5.69 Å². The first-order chi connectivity index (χ1) is 19.4. The monoisotopic (exact) mass is 641 g/mol. The fraction of sp³-hybridized carbons (Fsp3) is 0.375. The number of rotatable bonds is 14. The quantitative estimate of drug-likeness (QED) is 0.244. The first-order valence-electron chi connectivity index (χ1n) is 13.8. The molecule has 0 aliphatic heterocycles. The number of hydrogen-bond donors (Lipinski definition) is 1. The molecule has 1 N–H and O–H groups in total. The molecule has 0 aliphatic carbocycles. The summed E-state index contributed by atoms with van der Waals surface area (Å²) in [5.41, 5.74) is 3.44. The van der Waals surface area contributed by atoms with E-state index in [9.17, 15) is 18.0 Å². The number of benzene rings is 3. The van der Waals surface area contributed by atoms with Crippen molar-refractivity contribution in [2.45, 2.75) is 52.6 Å². The lowest BCUT2D eigenvalue weighted by Gasteiger charge is -2.32. The maximum Gasteiger partial charge on any atom is 0.243 e. The number of carbonyl (C=O) groups excluding carboxylic acids is 2. The molecule has 3 aromatic carbocycles. The van der Waals surface area contributed by atoms with Gasteiger partial charge in [-0.3, -0.25) is 13.9 Å². The minimum Gasteiger partial charge on any atom is -0.354 e. The van der Waals surface area contributed by atoms with E-state index in [2.05, 4.69) is 21.2 Å². The molecule has 9 heteroatoms. The van der Waals surface area contributed by atoms with Crippen LogP contribution in [0.1, 0.15) is 43.4 Å². The molecule has 0 aliphatic rings. The Morgan fingerprint density at radius 1 is 0.902 bits per heavy atom. The predicted octanol–water partition coefficient (Wildman–Crippen LogP) is 5.72. The summed E-state index contributed by atoms with van der Waals surface area (Å²) < 4.78 is 27.4. The Hall–Kier alpha value is -3.17. The maximum absolute atomic E-state index is 13.9. The largest absolute Gasteiger partial charge is 0.354 e. The van der Waals surface area contributed by atoms with Gasteiger partial charge in [0.25, 0.3) is 0 Å². The van der Waals surface area contributed by atoms with Crippen molar-refractivity contribution in [1.82, 2.24) is 10.2 Å². The van der Waals surface area contributed by atoms with Crippen molar-refractivity contribution in [3.63, 3.8) is 0 Å². The third-order valence-corrected chi connectivity index (χ3v) is 8.42. The van der Waals surface area contributed by atoms with E-state index in [4.69, 9.17) is 0 Å². The number of anilines is 1. The van der Waals surface area contributed by atoms with Gasteiger partial charge in [0.15, 0.2) is 0 Å². The molecule has 0 saturated heterocycles. The van der Waals surface area contributed by atoms with Crippen LogP contribution in [0, 0.1) is 12.8 Å². The van der Waals surface area contributed by atoms with Gasteiger partial charge in [-0.1, -0.05) is 89.9 Å². The van der Waals surface area contributed by atoms with Crippen LogP contribution in [0.5, 0.6) is 0 Å². The smallest absolute Gasteiger partial charge is 0.243 e. The third kappa shape index (κ3) is 10.3. The molecule has 1 atom stereocenters. The zero-order valence-electron chi connectivity index (χ0n) is 24.2. The Balaban J connectivity index is 1.87. The zero-order chi connectivity index (χ0) is 30.0. The number of amides is 2. The first-order valence-corrected chi connectivity index (χ1v) is 16.5. The van der Waals surface area contributed by atoms with Crippen LogP contribution in [0.2, 0.25) is 0 Å².